The Morgan fingerprint density at radius 3 is 2.63 bits per heavy atom. The van der Waals surface area contributed by atoms with Crippen LogP contribution in [-0.4, -0.2) is 41.6 Å². The molecule has 0 aromatic heterocycles. The van der Waals surface area contributed by atoms with Gasteiger partial charge < -0.3 is 15.0 Å². The maximum atomic E-state index is 12.2. The summed E-state index contributed by atoms with van der Waals surface area (Å²) in [5, 5.41) is 3.42. The molecule has 0 saturated carbocycles. The van der Waals surface area contributed by atoms with Crippen molar-refractivity contribution in [2.24, 2.45) is 0 Å². The van der Waals surface area contributed by atoms with E-state index in [-0.39, 0.29) is 24.8 Å². The molecule has 1 unspecified atom stereocenters. The molecule has 0 radical (unpaired) electrons. The van der Waals surface area contributed by atoms with Crippen LogP contribution in [0.5, 0.6) is 0 Å². The molecular formula is C20H17Cl3N2O4S. The minimum atomic E-state index is -0.643. The van der Waals surface area contributed by atoms with Crippen LogP contribution in [0.3, 0.4) is 0 Å². The molecule has 158 valence electrons. The van der Waals surface area contributed by atoms with Gasteiger partial charge in [-0.25, -0.2) is 0 Å². The van der Waals surface area contributed by atoms with Crippen LogP contribution in [0, 0.1) is 0 Å². The van der Waals surface area contributed by atoms with E-state index in [4.69, 9.17) is 39.5 Å². The highest BCUT2D eigenvalue weighted by molar-refractivity contribution is 8.01. The number of hydrogen-bond acceptors (Lipinski definition) is 5. The molecule has 0 saturated heterocycles. The molecule has 2 aromatic carbocycles. The smallest absolute Gasteiger partial charge is 0.307 e. The van der Waals surface area contributed by atoms with Crippen molar-refractivity contribution in [1.82, 2.24) is 4.90 Å². The first kappa shape index (κ1) is 22.7. The summed E-state index contributed by atoms with van der Waals surface area (Å²) in [4.78, 5) is 38.9. The Hall–Kier alpha value is -1.93. The Morgan fingerprint density at radius 1 is 1.13 bits per heavy atom. The van der Waals surface area contributed by atoms with Crippen molar-refractivity contribution in [3.05, 3.63) is 57.0 Å². The number of carbonyl (C=O) groups is 3. The van der Waals surface area contributed by atoms with Gasteiger partial charge in [-0.2, -0.15) is 0 Å². The molecule has 6 nitrogen and oxygen atoms in total. The van der Waals surface area contributed by atoms with Crippen LogP contribution in [0.25, 0.3) is 0 Å². The van der Waals surface area contributed by atoms with Gasteiger partial charge in [-0.15, -0.1) is 11.8 Å². The number of esters is 1. The third kappa shape index (κ3) is 5.82. The van der Waals surface area contributed by atoms with Crippen molar-refractivity contribution in [1.29, 1.82) is 0 Å². The second-order valence-corrected chi connectivity index (χ2v) is 9.09. The summed E-state index contributed by atoms with van der Waals surface area (Å²) in [5.41, 5.74) is 1.40. The van der Waals surface area contributed by atoms with Crippen LogP contribution in [0.15, 0.2) is 41.3 Å². The molecule has 1 atom stereocenters. The molecule has 1 heterocycles. The first-order chi connectivity index (χ1) is 14.2. The van der Waals surface area contributed by atoms with Gasteiger partial charge in [0.05, 0.1) is 27.4 Å². The molecule has 1 N–H and O–H groups in total. The molecule has 1 aliphatic rings. The van der Waals surface area contributed by atoms with Crippen LogP contribution >= 0.6 is 46.6 Å². The number of hydrogen-bond donors (Lipinski definition) is 1. The van der Waals surface area contributed by atoms with Gasteiger partial charge in [-0.05, 0) is 35.9 Å². The lowest BCUT2D eigenvalue weighted by Gasteiger charge is -2.23. The standard InChI is InChI=1S/C20H17Cl3N2O4S/c1-25(9-11-2-4-13(22)14(23)6-11)18(26)10-29-19(27)8-17-20(28)24-15-7-12(21)3-5-16(15)30-17/h2-7,17H,8-10H2,1H3,(H,24,28). The van der Waals surface area contributed by atoms with Crippen molar-refractivity contribution in [2.45, 2.75) is 23.1 Å². The highest BCUT2D eigenvalue weighted by Crippen LogP contribution is 2.38. The number of halogens is 3. The molecule has 0 aliphatic carbocycles. The van der Waals surface area contributed by atoms with Gasteiger partial charge in [-0.3, -0.25) is 14.4 Å². The van der Waals surface area contributed by atoms with Gasteiger partial charge >= 0.3 is 5.97 Å². The molecule has 2 amide bonds. The third-order valence-electron chi connectivity index (χ3n) is 4.30. The summed E-state index contributed by atoms with van der Waals surface area (Å²) in [5.74, 6) is -1.32. The third-order valence-corrected chi connectivity index (χ3v) is 6.55. The molecule has 0 bridgehead atoms. The van der Waals surface area contributed by atoms with E-state index in [0.717, 1.165) is 10.5 Å². The number of likely N-dealkylation sites (N-methyl/N-ethyl adjacent to an activating group) is 1. The van der Waals surface area contributed by atoms with Gasteiger partial charge in [0.25, 0.3) is 5.91 Å². The summed E-state index contributed by atoms with van der Waals surface area (Å²) >= 11 is 19.0. The molecule has 30 heavy (non-hydrogen) atoms. The Kier molecular flexibility index (Phi) is 7.52. The minimum Gasteiger partial charge on any atom is -0.456 e. The van der Waals surface area contributed by atoms with E-state index in [1.54, 1.807) is 43.4 Å². The number of nitrogens with zero attached hydrogens (tertiary/aromatic N) is 1. The van der Waals surface area contributed by atoms with E-state index < -0.39 is 17.8 Å². The fourth-order valence-electron chi connectivity index (χ4n) is 2.72. The predicted octanol–water partition coefficient (Wildman–Crippen LogP) is 4.65. The summed E-state index contributed by atoms with van der Waals surface area (Å²) in [6, 6.07) is 10.2. The number of benzene rings is 2. The van der Waals surface area contributed by atoms with Crippen molar-refractivity contribution in [2.75, 3.05) is 19.0 Å². The summed E-state index contributed by atoms with van der Waals surface area (Å²) in [6.07, 6.45) is -0.150. The fraction of sp³-hybridized carbons (Fsp3) is 0.250. The summed E-state index contributed by atoms with van der Waals surface area (Å²) in [7, 11) is 1.59. The normalized spacial score (nSPS) is 15.2. The van der Waals surface area contributed by atoms with Gasteiger partial charge in [-0.1, -0.05) is 40.9 Å². The van der Waals surface area contributed by atoms with Gasteiger partial charge in [0.15, 0.2) is 6.61 Å². The van der Waals surface area contributed by atoms with Crippen LogP contribution < -0.4 is 5.32 Å². The average Bonchev–Trinajstić information content (AvgIpc) is 2.69. The molecule has 0 spiro atoms. The average molecular weight is 488 g/mol. The highest BCUT2D eigenvalue weighted by Gasteiger charge is 2.30. The van der Waals surface area contributed by atoms with Crippen molar-refractivity contribution in [3.8, 4) is 0 Å². The van der Waals surface area contributed by atoms with Gasteiger partial charge in [0.2, 0.25) is 5.91 Å². The van der Waals surface area contributed by atoms with Crippen LogP contribution in [0.1, 0.15) is 12.0 Å². The quantitative estimate of drug-likeness (QED) is 0.600. The topological polar surface area (TPSA) is 75.7 Å². The number of nitrogens with one attached hydrogen (secondary N) is 1. The highest BCUT2D eigenvalue weighted by atomic mass is 35.5. The maximum Gasteiger partial charge on any atom is 0.307 e. The molecule has 0 fully saturated rings. The lowest BCUT2D eigenvalue weighted by molar-refractivity contribution is -0.152. The van der Waals surface area contributed by atoms with E-state index in [0.29, 0.717) is 20.8 Å². The Morgan fingerprint density at radius 2 is 1.90 bits per heavy atom. The lowest BCUT2D eigenvalue weighted by Crippen LogP contribution is -2.33. The van der Waals surface area contributed by atoms with E-state index in [1.807, 2.05) is 0 Å². The van der Waals surface area contributed by atoms with E-state index in [1.165, 1.54) is 16.7 Å². The number of fused-ring (bicyclic) bond motifs is 1. The van der Waals surface area contributed by atoms with Crippen LogP contribution in [0.4, 0.5) is 5.69 Å². The van der Waals surface area contributed by atoms with Crippen molar-refractivity contribution in [3.63, 3.8) is 0 Å². The Balaban J connectivity index is 1.49. The Labute approximate surface area is 192 Å². The number of rotatable bonds is 6. The van der Waals surface area contributed by atoms with Crippen LogP contribution in [-0.2, 0) is 25.7 Å². The van der Waals surface area contributed by atoms with Crippen LogP contribution in [0.2, 0.25) is 15.1 Å². The first-order valence-electron chi connectivity index (χ1n) is 8.83. The largest absolute Gasteiger partial charge is 0.456 e. The van der Waals surface area contributed by atoms with Gasteiger partial charge in [0, 0.05) is 23.5 Å². The Bertz CT molecular complexity index is 1000. The zero-order chi connectivity index (χ0) is 21.8. The van der Waals surface area contributed by atoms with E-state index in [9.17, 15) is 14.4 Å². The SMILES string of the molecule is CN(Cc1ccc(Cl)c(Cl)c1)C(=O)COC(=O)CC1Sc2ccc(Cl)cc2NC1=O. The minimum absolute atomic E-state index is 0.150. The number of thioether (sulfide) groups is 1. The zero-order valence-corrected chi connectivity index (χ0v) is 18.9. The number of ether oxygens (including phenoxy) is 1. The number of carbonyl (C=O) groups excluding carboxylic acids is 3. The monoisotopic (exact) mass is 486 g/mol. The summed E-state index contributed by atoms with van der Waals surface area (Å²) in [6.45, 7) is -0.130. The van der Waals surface area contributed by atoms with Gasteiger partial charge in [0.1, 0.15) is 0 Å². The predicted molar refractivity (Wildman–Crippen MR) is 118 cm³/mol. The maximum absolute atomic E-state index is 12.2. The summed E-state index contributed by atoms with van der Waals surface area (Å²) < 4.78 is 5.07. The van der Waals surface area contributed by atoms with E-state index in [2.05, 4.69) is 5.32 Å². The molecular weight excluding hydrogens is 471 g/mol. The zero-order valence-electron chi connectivity index (χ0n) is 15.8. The molecule has 2 aromatic rings. The molecule has 1 aliphatic heterocycles. The lowest BCUT2D eigenvalue weighted by atomic mass is 10.2. The molecule has 10 heteroatoms. The second kappa shape index (κ2) is 9.92. The number of anilines is 1. The van der Waals surface area contributed by atoms with Crippen molar-refractivity contribution < 1.29 is 19.1 Å². The first-order valence-corrected chi connectivity index (χ1v) is 10.8. The van der Waals surface area contributed by atoms with Crippen molar-refractivity contribution >= 4 is 70.0 Å². The molecule has 3 rings (SSSR count). The fourth-order valence-corrected chi connectivity index (χ4v) is 4.29. The number of amides is 2. The second-order valence-electron chi connectivity index (χ2n) is 6.60. The van der Waals surface area contributed by atoms with E-state index >= 15 is 0 Å².